The van der Waals surface area contributed by atoms with Crippen LogP contribution in [0.15, 0.2) is 41.4 Å². The minimum Gasteiger partial charge on any atom is -0.495 e. The number of carbonyl (C=O) groups excluding carboxylic acids is 2. The topological polar surface area (TPSA) is 53.1 Å². The first kappa shape index (κ1) is 18.7. The van der Waals surface area contributed by atoms with Crippen molar-refractivity contribution >= 4 is 34.4 Å². The lowest BCUT2D eigenvalue weighted by atomic mass is 10.1. The maximum absolute atomic E-state index is 13.5. The lowest BCUT2D eigenvalue weighted by Gasteiger charge is -2.34. The standard InChI is InChI=1S/C21H23N3O3S/c1-14-6-7-16(27-3)15(13-14)24-20(25)18(17-5-4-12-28-17)19(21(24)26)23-10-8-22(2)9-11-23/h4-7,12-13H,8-11H2,1-3H3. The number of anilines is 1. The van der Waals surface area contributed by atoms with E-state index in [1.165, 1.54) is 16.2 Å². The number of hydrogen-bond donors (Lipinski definition) is 0. The van der Waals surface area contributed by atoms with E-state index in [4.69, 9.17) is 4.74 Å². The van der Waals surface area contributed by atoms with Gasteiger partial charge in [0.05, 0.1) is 18.4 Å². The van der Waals surface area contributed by atoms with Gasteiger partial charge in [0.15, 0.2) is 0 Å². The molecule has 0 saturated carbocycles. The van der Waals surface area contributed by atoms with Gasteiger partial charge < -0.3 is 14.5 Å². The van der Waals surface area contributed by atoms with E-state index in [-0.39, 0.29) is 11.8 Å². The van der Waals surface area contributed by atoms with E-state index in [1.807, 2.05) is 36.6 Å². The molecule has 2 aromatic rings. The summed E-state index contributed by atoms with van der Waals surface area (Å²) in [5.74, 6) is -0.0513. The second kappa shape index (κ2) is 7.41. The molecule has 0 atom stereocenters. The predicted molar refractivity (Wildman–Crippen MR) is 111 cm³/mol. The Morgan fingerprint density at radius 2 is 1.79 bits per heavy atom. The fourth-order valence-electron chi connectivity index (χ4n) is 3.68. The van der Waals surface area contributed by atoms with Crippen LogP contribution in [0.25, 0.3) is 5.57 Å². The Morgan fingerprint density at radius 3 is 2.43 bits per heavy atom. The van der Waals surface area contributed by atoms with Crippen molar-refractivity contribution in [2.75, 3.05) is 45.2 Å². The number of benzene rings is 1. The molecule has 0 spiro atoms. The van der Waals surface area contributed by atoms with Crippen molar-refractivity contribution in [2.24, 2.45) is 0 Å². The van der Waals surface area contributed by atoms with Crippen molar-refractivity contribution in [3.05, 3.63) is 51.8 Å². The Labute approximate surface area is 168 Å². The number of thiophene rings is 1. The molecule has 1 aromatic heterocycles. The van der Waals surface area contributed by atoms with Gasteiger partial charge in [-0.25, -0.2) is 4.90 Å². The number of aryl methyl sites for hydroxylation is 1. The van der Waals surface area contributed by atoms with E-state index in [9.17, 15) is 9.59 Å². The summed E-state index contributed by atoms with van der Waals surface area (Å²) in [6, 6.07) is 9.33. The third-order valence-corrected chi connectivity index (χ3v) is 6.11. The van der Waals surface area contributed by atoms with Crippen LogP contribution in [-0.2, 0) is 9.59 Å². The highest BCUT2D eigenvalue weighted by atomic mass is 32.1. The molecule has 4 rings (SSSR count). The Hall–Kier alpha value is -2.64. The highest BCUT2D eigenvalue weighted by molar-refractivity contribution is 7.11. The molecule has 2 aliphatic heterocycles. The number of methoxy groups -OCH3 is 1. The molecule has 1 fully saturated rings. The third-order valence-electron chi connectivity index (χ3n) is 5.22. The van der Waals surface area contributed by atoms with Crippen molar-refractivity contribution in [1.29, 1.82) is 0 Å². The first-order valence-electron chi connectivity index (χ1n) is 9.26. The maximum atomic E-state index is 13.5. The van der Waals surface area contributed by atoms with E-state index in [2.05, 4.69) is 16.8 Å². The fraction of sp³-hybridized carbons (Fsp3) is 0.333. The predicted octanol–water partition coefficient (Wildman–Crippen LogP) is 2.60. The molecule has 0 radical (unpaired) electrons. The molecular formula is C21H23N3O3S. The van der Waals surface area contributed by atoms with Crippen LogP contribution in [-0.4, -0.2) is 62.0 Å². The van der Waals surface area contributed by atoms with E-state index in [0.717, 1.165) is 36.6 Å². The largest absolute Gasteiger partial charge is 0.495 e. The van der Waals surface area contributed by atoms with Gasteiger partial charge in [-0.15, -0.1) is 11.3 Å². The van der Waals surface area contributed by atoms with Crippen molar-refractivity contribution in [1.82, 2.24) is 9.80 Å². The highest BCUT2D eigenvalue weighted by Gasteiger charge is 2.44. The molecule has 0 N–H and O–H groups in total. The van der Waals surface area contributed by atoms with Crippen LogP contribution in [0.5, 0.6) is 5.75 Å². The van der Waals surface area contributed by atoms with Gasteiger partial charge in [-0.3, -0.25) is 9.59 Å². The van der Waals surface area contributed by atoms with Gasteiger partial charge in [0.25, 0.3) is 11.8 Å². The van der Waals surface area contributed by atoms with Crippen LogP contribution >= 0.6 is 11.3 Å². The smallest absolute Gasteiger partial charge is 0.282 e. The molecule has 146 valence electrons. The fourth-order valence-corrected chi connectivity index (χ4v) is 4.44. The molecule has 1 saturated heterocycles. The Bertz CT molecular complexity index is 944. The molecule has 1 aromatic carbocycles. The minimum absolute atomic E-state index is 0.276. The second-order valence-corrected chi connectivity index (χ2v) is 8.06. The zero-order chi connectivity index (χ0) is 19.8. The summed E-state index contributed by atoms with van der Waals surface area (Å²) in [6.45, 7) is 5.09. The Kier molecular flexibility index (Phi) is 4.95. The Morgan fingerprint density at radius 1 is 1.04 bits per heavy atom. The van der Waals surface area contributed by atoms with Gasteiger partial charge in [-0.05, 0) is 43.1 Å². The molecule has 2 amide bonds. The summed E-state index contributed by atoms with van der Waals surface area (Å²) in [6.07, 6.45) is 0. The zero-order valence-electron chi connectivity index (χ0n) is 16.3. The molecular weight excluding hydrogens is 374 g/mol. The SMILES string of the molecule is COc1ccc(C)cc1N1C(=O)C(c2cccs2)=C(N2CCN(C)CC2)C1=O. The van der Waals surface area contributed by atoms with Crippen molar-refractivity contribution < 1.29 is 14.3 Å². The van der Waals surface area contributed by atoms with Gasteiger partial charge in [0.2, 0.25) is 0 Å². The van der Waals surface area contributed by atoms with Crippen molar-refractivity contribution in [3.63, 3.8) is 0 Å². The maximum Gasteiger partial charge on any atom is 0.282 e. The van der Waals surface area contributed by atoms with E-state index in [1.54, 1.807) is 13.2 Å². The van der Waals surface area contributed by atoms with E-state index in [0.29, 0.717) is 22.7 Å². The third kappa shape index (κ3) is 3.10. The lowest BCUT2D eigenvalue weighted by Crippen LogP contribution is -2.46. The number of carbonyl (C=O) groups is 2. The molecule has 0 unspecified atom stereocenters. The van der Waals surface area contributed by atoms with E-state index < -0.39 is 0 Å². The van der Waals surface area contributed by atoms with Gasteiger partial charge in [0, 0.05) is 31.1 Å². The normalized spacial score (nSPS) is 18.4. The second-order valence-electron chi connectivity index (χ2n) is 7.11. The summed E-state index contributed by atoms with van der Waals surface area (Å²) >= 11 is 1.48. The first-order valence-corrected chi connectivity index (χ1v) is 10.1. The van der Waals surface area contributed by atoms with Crippen LogP contribution in [0, 0.1) is 6.92 Å². The summed E-state index contributed by atoms with van der Waals surface area (Å²) < 4.78 is 5.45. The number of likely N-dealkylation sites (N-methyl/N-ethyl adjacent to an activating group) is 1. The molecule has 3 heterocycles. The number of rotatable bonds is 4. The number of piperazine rings is 1. The first-order chi connectivity index (χ1) is 13.5. The van der Waals surface area contributed by atoms with E-state index >= 15 is 0 Å². The van der Waals surface area contributed by atoms with Crippen LogP contribution in [0.1, 0.15) is 10.4 Å². The highest BCUT2D eigenvalue weighted by Crippen LogP contribution is 2.40. The van der Waals surface area contributed by atoms with Crippen LogP contribution < -0.4 is 9.64 Å². The van der Waals surface area contributed by atoms with Gasteiger partial charge in [-0.2, -0.15) is 0 Å². The van der Waals surface area contributed by atoms with Crippen LogP contribution in [0.2, 0.25) is 0 Å². The summed E-state index contributed by atoms with van der Waals surface area (Å²) in [5, 5.41) is 1.93. The van der Waals surface area contributed by atoms with Crippen LogP contribution in [0.3, 0.4) is 0 Å². The average Bonchev–Trinajstić information content (AvgIpc) is 3.29. The summed E-state index contributed by atoms with van der Waals surface area (Å²) in [5.41, 5.74) is 2.45. The molecule has 2 aliphatic rings. The summed E-state index contributed by atoms with van der Waals surface area (Å²) in [4.78, 5) is 33.4. The minimum atomic E-state index is -0.287. The molecule has 0 bridgehead atoms. The average molecular weight is 398 g/mol. The number of ether oxygens (including phenoxy) is 1. The van der Waals surface area contributed by atoms with Gasteiger partial charge in [0.1, 0.15) is 11.4 Å². The lowest BCUT2D eigenvalue weighted by molar-refractivity contribution is -0.120. The monoisotopic (exact) mass is 397 g/mol. The number of amides is 2. The molecule has 7 heteroatoms. The number of nitrogens with zero attached hydrogens (tertiary/aromatic N) is 3. The summed E-state index contributed by atoms with van der Waals surface area (Å²) in [7, 11) is 3.62. The van der Waals surface area contributed by atoms with Crippen LogP contribution in [0.4, 0.5) is 5.69 Å². The molecule has 28 heavy (non-hydrogen) atoms. The van der Waals surface area contributed by atoms with Crippen molar-refractivity contribution in [3.8, 4) is 5.75 Å². The Balaban J connectivity index is 1.82. The number of hydrogen-bond acceptors (Lipinski definition) is 6. The molecule has 6 nitrogen and oxygen atoms in total. The molecule has 0 aliphatic carbocycles. The quantitative estimate of drug-likeness (QED) is 0.743. The van der Waals surface area contributed by atoms with Gasteiger partial charge >= 0.3 is 0 Å². The van der Waals surface area contributed by atoms with Crippen molar-refractivity contribution in [2.45, 2.75) is 6.92 Å². The zero-order valence-corrected chi connectivity index (χ0v) is 17.1. The van der Waals surface area contributed by atoms with Gasteiger partial charge in [-0.1, -0.05) is 12.1 Å². The number of imide groups is 1.